The average molecular weight is 569 g/mol. The molecule has 5 aromatic heterocycles. The van der Waals surface area contributed by atoms with Gasteiger partial charge >= 0.3 is 0 Å². The monoisotopic (exact) mass is 568 g/mol. The molecule has 0 saturated carbocycles. The maximum absolute atomic E-state index is 6.41. The van der Waals surface area contributed by atoms with Crippen LogP contribution in [-0.2, 0) is 0 Å². The lowest BCUT2D eigenvalue weighted by Gasteiger charge is -2.11. The Morgan fingerprint density at radius 3 is 2.21 bits per heavy atom. The highest BCUT2D eigenvalue weighted by molar-refractivity contribution is 7.27. The summed E-state index contributed by atoms with van der Waals surface area (Å²) >= 11 is 1.84. The summed E-state index contributed by atoms with van der Waals surface area (Å²) in [7, 11) is 0. The molecule has 0 aliphatic rings. The highest BCUT2D eigenvalue weighted by Gasteiger charge is 2.25. The third-order valence-corrected chi connectivity index (χ3v) is 9.71. The Morgan fingerprint density at radius 1 is 0.605 bits per heavy atom. The van der Waals surface area contributed by atoms with Gasteiger partial charge in [0.25, 0.3) is 0 Å². The van der Waals surface area contributed by atoms with E-state index in [4.69, 9.17) is 14.4 Å². The second kappa shape index (κ2) is 8.47. The summed E-state index contributed by atoms with van der Waals surface area (Å²) in [6, 6.07) is 38.1. The number of benzene rings is 5. The van der Waals surface area contributed by atoms with Crippen molar-refractivity contribution in [1.29, 1.82) is 0 Å². The number of hydrogen-bond acceptors (Lipinski definition) is 5. The number of pyridine rings is 1. The number of rotatable bonds is 2. The molecule has 0 spiro atoms. The van der Waals surface area contributed by atoms with Gasteiger partial charge in [-0.1, -0.05) is 78.9 Å². The van der Waals surface area contributed by atoms with Gasteiger partial charge in [-0.15, -0.1) is 11.3 Å². The van der Waals surface area contributed by atoms with Crippen molar-refractivity contribution in [3.05, 3.63) is 122 Å². The van der Waals surface area contributed by atoms with Crippen molar-refractivity contribution < 1.29 is 4.42 Å². The highest BCUT2D eigenvalue weighted by atomic mass is 32.1. The molecule has 0 unspecified atom stereocenters. The molecule has 0 bridgehead atoms. The Balaban J connectivity index is 1.47. The minimum Gasteiger partial charge on any atom is -0.437 e. The van der Waals surface area contributed by atoms with E-state index in [-0.39, 0.29) is 0 Å². The third kappa shape index (κ3) is 3.07. The first kappa shape index (κ1) is 23.0. The molecule has 43 heavy (non-hydrogen) atoms. The molecule has 6 heteroatoms. The van der Waals surface area contributed by atoms with Crippen LogP contribution in [0.15, 0.2) is 126 Å². The van der Waals surface area contributed by atoms with Crippen molar-refractivity contribution in [2.24, 2.45) is 0 Å². The van der Waals surface area contributed by atoms with E-state index in [0.29, 0.717) is 11.7 Å². The van der Waals surface area contributed by atoms with Crippen LogP contribution in [0.3, 0.4) is 0 Å². The molecule has 0 fully saturated rings. The van der Waals surface area contributed by atoms with Crippen LogP contribution < -0.4 is 0 Å². The number of para-hydroxylation sites is 2. The lowest BCUT2D eigenvalue weighted by Crippen LogP contribution is -2.03. The van der Waals surface area contributed by atoms with E-state index >= 15 is 0 Å². The quantitative estimate of drug-likeness (QED) is 0.208. The van der Waals surface area contributed by atoms with E-state index in [1.165, 1.54) is 41.7 Å². The van der Waals surface area contributed by atoms with Gasteiger partial charge in [0.05, 0.1) is 22.1 Å². The zero-order valence-corrected chi connectivity index (χ0v) is 23.5. The maximum atomic E-state index is 6.41. The Labute approximate surface area is 248 Å². The van der Waals surface area contributed by atoms with Gasteiger partial charge in [0.15, 0.2) is 0 Å². The molecular formula is C37H20N4OS. The third-order valence-electron chi connectivity index (χ3n) is 8.51. The fourth-order valence-electron chi connectivity index (χ4n) is 6.75. The summed E-state index contributed by atoms with van der Waals surface area (Å²) in [5, 5.41) is 9.21. The van der Waals surface area contributed by atoms with Crippen molar-refractivity contribution >= 4 is 86.2 Å². The van der Waals surface area contributed by atoms with Crippen molar-refractivity contribution in [3.8, 4) is 17.2 Å². The molecule has 200 valence electrons. The van der Waals surface area contributed by atoms with E-state index < -0.39 is 0 Å². The van der Waals surface area contributed by atoms with Gasteiger partial charge in [-0.3, -0.25) is 9.55 Å². The van der Waals surface area contributed by atoms with Gasteiger partial charge in [-0.2, -0.15) is 4.98 Å². The van der Waals surface area contributed by atoms with E-state index in [0.717, 1.165) is 38.6 Å². The standard InChI is InChI=1S/C37H20N4OS/c1-2-12-23-22(11-1)30-24-13-3-6-16-27(24)41(34(30)32-26-15-5-8-18-29(26)43-35(23)32)37-39-33(21-10-9-19-38-20-21)31-25-14-4-7-17-28(25)42-36(31)40-37/h1-20H. The van der Waals surface area contributed by atoms with Crippen molar-refractivity contribution in [2.45, 2.75) is 0 Å². The molecule has 0 saturated heterocycles. The predicted molar refractivity (Wildman–Crippen MR) is 177 cm³/mol. The van der Waals surface area contributed by atoms with Crippen LogP contribution in [0.2, 0.25) is 0 Å². The van der Waals surface area contributed by atoms with Gasteiger partial charge in [-0.25, -0.2) is 4.98 Å². The normalized spacial score (nSPS) is 12.2. The summed E-state index contributed by atoms with van der Waals surface area (Å²) in [5.74, 6) is 0.573. The Hall–Kier alpha value is -5.59. The SMILES string of the molecule is c1cncc(-c2nc(-n3c4ccccc4c4c5ccccc5c5sc6ccccc6c5c43)nc3oc4ccccc4c23)c1. The van der Waals surface area contributed by atoms with Crippen LogP contribution in [0.1, 0.15) is 0 Å². The number of nitrogens with zero attached hydrogens (tertiary/aromatic N) is 4. The van der Waals surface area contributed by atoms with E-state index in [1.54, 1.807) is 6.20 Å². The zero-order valence-electron chi connectivity index (χ0n) is 22.7. The second-order valence-electron chi connectivity index (χ2n) is 10.8. The molecule has 0 aliphatic heterocycles. The van der Waals surface area contributed by atoms with Crippen LogP contribution in [-0.4, -0.2) is 19.5 Å². The summed E-state index contributed by atoms with van der Waals surface area (Å²) in [6.07, 6.45) is 3.64. The van der Waals surface area contributed by atoms with Crippen LogP contribution in [0, 0.1) is 0 Å². The van der Waals surface area contributed by atoms with E-state index in [2.05, 4.69) is 88.4 Å². The average Bonchev–Trinajstić information content (AvgIpc) is 3.74. The maximum Gasteiger partial charge on any atom is 0.238 e. The number of fused-ring (bicyclic) bond motifs is 13. The van der Waals surface area contributed by atoms with Crippen molar-refractivity contribution in [3.63, 3.8) is 0 Å². The molecule has 5 aromatic carbocycles. The summed E-state index contributed by atoms with van der Waals surface area (Å²) in [4.78, 5) is 14.9. The van der Waals surface area contributed by atoms with E-state index in [1.807, 2.05) is 47.9 Å². The Morgan fingerprint density at radius 2 is 1.35 bits per heavy atom. The molecular weight excluding hydrogens is 549 g/mol. The predicted octanol–water partition coefficient (Wildman–Crippen LogP) is 10.1. The van der Waals surface area contributed by atoms with Crippen LogP contribution >= 0.6 is 11.3 Å². The van der Waals surface area contributed by atoms with Crippen molar-refractivity contribution in [2.75, 3.05) is 0 Å². The largest absolute Gasteiger partial charge is 0.437 e. The topological polar surface area (TPSA) is 56.7 Å². The van der Waals surface area contributed by atoms with Gasteiger partial charge in [0, 0.05) is 59.7 Å². The Bertz CT molecular complexity index is 2740. The highest BCUT2D eigenvalue weighted by Crippen LogP contribution is 2.48. The first-order chi connectivity index (χ1) is 21.3. The van der Waals surface area contributed by atoms with Gasteiger partial charge < -0.3 is 4.42 Å². The van der Waals surface area contributed by atoms with Crippen molar-refractivity contribution in [1.82, 2.24) is 19.5 Å². The molecule has 10 aromatic rings. The van der Waals surface area contributed by atoms with E-state index in [9.17, 15) is 0 Å². The summed E-state index contributed by atoms with van der Waals surface area (Å²) in [5.41, 5.74) is 5.23. The van der Waals surface area contributed by atoms with Gasteiger partial charge in [0.2, 0.25) is 11.7 Å². The fourth-order valence-corrected chi connectivity index (χ4v) is 7.99. The molecule has 0 N–H and O–H groups in total. The number of thiophene rings is 1. The van der Waals surface area contributed by atoms with Gasteiger partial charge in [-0.05, 0) is 35.7 Å². The zero-order chi connectivity index (χ0) is 28.1. The summed E-state index contributed by atoms with van der Waals surface area (Å²) < 4.78 is 11.2. The number of aromatic nitrogens is 4. The first-order valence-electron chi connectivity index (χ1n) is 14.2. The smallest absolute Gasteiger partial charge is 0.238 e. The minimum atomic E-state index is 0.559. The molecule has 5 heterocycles. The molecule has 0 aliphatic carbocycles. The number of furan rings is 1. The lowest BCUT2D eigenvalue weighted by atomic mass is 10.00. The Kier molecular flexibility index (Phi) is 4.54. The molecule has 0 amide bonds. The number of hydrogen-bond donors (Lipinski definition) is 0. The minimum absolute atomic E-state index is 0.559. The second-order valence-corrected chi connectivity index (χ2v) is 11.9. The lowest BCUT2D eigenvalue weighted by molar-refractivity contribution is 0.651. The summed E-state index contributed by atoms with van der Waals surface area (Å²) in [6.45, 7) is 0. The van der Waals surface area contributed by atoms with Gasteiger partial charge in [0.1, 0.15) is 5.58 Å². The molecule has 5 nitrogen and oxygen atoms in total. The van der Waals surface area contributed by atoms with Crippen LogP contribution in [0.25, 0.3) is 92.0 Å². The first-order valence-corrected chi connectivity index (χ1v) is 15.0. The molecule has 0 atom stereocenters. The van der Waals surface area contributed by atoms with Crippen LogP contribution in [0.5, 0.6) is 0 Å². The molecule has 10 rings (SSSR count). The fraction of sp³-hybridized carbons (Fsp3) is 0. The van der Waals surface area contributed by atoms with Crippen LogP contribution in [0.4, 0.5) is 0 Å². The molecule has 0 radical (unpaired) electrons.